The highest BCUT2D eigenvalue weighted by Crippen LogP contribution is 2.16. The van der Waals surface area contributed by atoms with Gasteiger partial charge in [0.05, 0.1) is 0 Å². The highest BCUT2D eigenvalue weighted by atomic mass is 32.1. The van der Waals surface area contributed by atoms with Gasteiger partial charge in [-0.3, -0.25) is 4.99 Å². The fourth-order valence-electron chi connectivity index (χ4n) is 2.21. The lowest BCUT2D eigenvalue weighted by Gasteiger charge is -2.17. The maximum Gasteiger partial charge on any atom is 0.191 e. The molecule has 5 heteroatoms. The van der Waals surface area contributed by atoms with Crippen molar-refractivity contribution >= 4 is 17.3 Å². The zero-order chi connectivity index (χ0) is 15.9. The number of guanidine groups is 1. The van der Waals surface area contributed by atoms with E-state index >= 15 is 0 Å². The fourth-order valence-corrected chi connectivity index (χ4v) is 3.23. The Balaban J connectivity index is 1.84. The Kier molecular flexibility index (Phi) is 5.95. The van der Waals surface area contributed by atoms with Crippen LogP contribution in [-0.4, -0.2) is 19.0 Å². The molecule has 1 atom stereocenters. The van der Waals surface area contributed by atoms with Gasteiger partial charge in [0.1, 0.15) is 5.82 Å². The predicted octanol–water partition coefficient (Wildman–Crippen LogP) is 3.49. The van der Waals surface area contributed by atoms with E-state index in [1.807, 2.05) is 17.4 Å². The summed E-state index contributed by atoms with van der Waals surface area (Å²) in [5.41, 5.74) is 0.893. The maximum absolute atomic E-state index is 13.2. The number of rotatable bonds is 5. The molecule has 2 rings (SSSR count). The molecule has 0 bridgehead atoms. The van der Waals surface area contributed by atoms with Crippen molar-refractivity contribution < 1.29 is 4.39 Å². The minimum absolute atomic E-state index is 0.219. The van der Waals surface area contributed by atoms with E-state index in [1.54, 1.807) is 13.1 Å². The molecule has 2 aromatic rings. The van der Waals surface area contributed by atoms with E-state index in [0.717, 1.165) is 17.9 Å². The Morgan fingerprint density at radius 3 is 2.77 bits per heavy atom. The number of nitrogens with zero attached hydrogens (tertiary/aromatic N) is 1. The largest absolute Gasteiger partial charge is 0.354 e. The molecule has 0 aliphatic heterocycles. The molecule has 1 unspecified atom stereocenters. The van der Waals surface area contributed by atoms with Crippen molar-refractivity contribution in [1.82, 2.24) is 10.6 Å². The van der Waals surface area contributed by atoms with Gasteiger partial charge in [-0.15, -0.1) is 11.3 Å². The molecule has 0 aliphatic carbocycles. The number of benzene rings is 1. The standard InChI is InChI=1S/C17H22FN3S/c1-12(9-16-8-7-13(2)22-16)21-17(19-3)20-11-14-5-4-6-15(18)10-14/h4-8,10,12H,9,11H2,1-3H3,(H2,19,20,21). The topological polar surface area (TPSA) is 36.4 Å². The van der Waals surface area contributed by atoms with Gasteiger partial charge in [0.15, 0.2) is 5.96 Å². The first kappa shape index (κ1) is 16.5. The number of halogens is 1. The summed E-state index contributed by atoms with van der Waals surface area (Å²) in [5.74, 6) is 0.508. The van der Waals surface area contributed by atoms with Crippen molar-refractivity contribution in [2.24, 2.45) is 4.99 Å². The highest BCUT2D eigenvalue weighted by Gasteiger charge is 2.08. The Morgan fingerprint density at radius 2 is 2.14 bits per heavy atom. The Bertz CT molecular complexity index is 636. The van der Waals surface area contributed by atoms with Crippen molar-refractivity contribution in [3.63, 3.8) is 0 Å². The predicted molar refractivity (Wildman–Crippen MR) is 92.0 cm³/mol. The third-order valence-electron chi connectivity index (χ3n) is 3.26. The van der Waals surface area contributed by atoms with Crippen LogP contribution in [0.25, 0.3) is 0 Å². The molecule has 3 nitrogen and oxygen atoms in total. The monoisotopic (exact) mass is 319 g/mol. The molecule has 1 aromatic carbocycles. The molecule has 0 saturated heterocycles. The van der Waals surface area contributed by atoms with Gasteiger partial charge in [-0.1, -0.05) is 12.1 Å². The Labute approximate surface area is 135 Å². The molecule has 0 radical (unpaired) electrons. The minimum atomic E-state index is -0.219. The highest BCUT2D eigenvalue weighted by molar-refractivity contribution is 7.11. The van der Waals surface area contributed by atoms with Crippen LogP contribution in [0.1, 0.15) is 22.2 Å². The smallest absolute Gasteiger partial charge is 0.191 e. The molecule has 0 fully saturated rings. The van der Waals surface area contributed by atoms with Crippen LogP contribution >= 0.6 is 11.3 Å². The van der Waals surface area contributed by atoms with Crippen molar-refractivity contribution in [2.75, 3.05) is 7.05 Å². The zero-order valence-corrected chi connectivity index (χ0v) is 14.0. The number of aryl methyl sites for hydroxylation is 1. The van der Waals surface area contributed by atoms with Crippen LogP contribution in [-0.2, 0) is 13.0 Å². The fraction of sp³-hybridized carbons (Fsp3) is 0.353. The molecule has 118 valence electrons. The molecule has 0 aliphatic rings. The summed E-state index contributed by atoms with van der Waals surface area (Å²) in [6.45, 7) is 4.79. The van der Waals surface area contributed by atoms with Gasteiger partial charge in [0, 0.05) is 35.8 Å². The normalized spacial score (nSPS) is 13.0. The van der Waals surface area contributed by atoms with Gasteiger partial charge in [0.25, 0.3) is 0 Å². The van der Waals surface area contributed by atoms with Crippen LogP contribution in [0.3, 0.4) is 0 Å². The number of hydrogen-bond donors (Lipinski definition) is 2. The summed E-state index contributed by atoms with van der Waals surface area (Å²) < 4.78 is 13.2. The molecule has 0 spiro atoms. The first-order chi connectivity index (χ1) is 10.6. The number of thiophene rings is 1. The average molecular weight is 319 g/mol. The van der Waals surface area contributed by atoms with Gasteiger partial charge in [-0.2, -0.15) is 0 Å². The third kappa shape index (κ3) is 5.15. The van der Waals surface area contributed by atoms with Crippen molar-refractivity contribution in [1.29, 1.82) is 0 Å². The van der Waals surface area contributed by atoms with Crippen LogP contribution in [0.2, 0.25) is 0 Å². The first-order valence-electron chi connectivity index (χ1n) is 7.34. The van der Waals surface area contributed by atoms with Crippen LogP contribution in [0, 0.1) is 12.7 Å². The average Bonchev–Trinajstić information content (AvgIpc) is 2.88. The zero-order valence-electron chi connectivity index (χ0n) is 13.2. The molecule has 1 heterocycles. The number of hydrogen-bond acceptors (Lipinski definition) is 2. The molecule has 2 N–H and O–H groups in total. The van der Waals surface area contributed by atoms with E-state index in [-0.39, 0.29) is 11.9 Å². The van der Waals surface area contributed by atoms with Crippen LogP contribution in [0.4, 0.5) is 4.39 Å². The molecule has 0 saturated carbocycles. The first-order valence-corrected chi connectivity index (χ1v) is 8.15. The van der Waals surface area contributed by atoms with Gasteiger partial charge < -0.3 is 10.6 Å². The van der Waals surface area contributed by atoms with E-state index in [4.69, 9.17) is 0 Å². The van der Waals surface area contributed by atoms with E-state index in [0.29, 0.717) is 6.54 Å². The second-order valence-electron chi connectivity index (χ2n) is 5.32. The summed E-state index contributed by atoms with van der Waals surface area (Å²) in [6, 6.07) is 11.2. The lowest BCUT2D eigenvalue weighted by atomic mass is 10.2. The second kappa shape index (κ2) is 7.94. The molecule has 1 aromatic heterocycles. The molecule has 22 heavy (non-hydrogen) atoms. The number of nitrogens with one attached hydrogen (secondary N) is 2. The Morgan fingerprint density at radius 1 is 1.32 bits per heavy atom. The summed E-state index contributed by atoms with van der Waals surface area (Å²) in [6.07, 6.45) is 0.958. The molecule has 0 amide bonds. The lowest BCUT2D eigenvalue weighted by molar-refractivity contribution is 0.622. The minimum Gasteiger partial charge on any atom is -0.354 e. The van der Waals surface area contributed by atoms with Crippen molar-refractivity contribution in [3.8, 4) is 0 Å². The second-order valence-corrected chi connectivity index (χ2v) is 6.69. The van der Waals surface area contributed by atoms with Gasteiger partial charge in [-0.25, -0.2) is 4.39 Å². The van der Waals surface area contributed by atoms with Crippen LogP contribution in [0.5, 0.6) is 0 Å². The van der Waals surface area contributed by atoms with Gasteiger partial charge in [0.2, 0.25) is 0 Å². The van der Waals surface area contributed by atoms with Gasteiger partial charge in [-0.05, 0) is 43.7 Å². The summed E-state index contributed by atoms with van der Waals surface area (Å²) in [7, 11) is 1.74. The van der Waals surface area contributed by atoms with Crippen LogP contribution in [0.15, 0.2) is 41.4 Å². The number of aliphatic imine (C=N–C) groups is 1. The summed E-state index contributed by atoms with van der Waals surface area (Å²) in [4.78, 5) is 6.91. The van der Waals surface area contributed by atoms with Gasteiger partial charge >= 0.3 is 0 Å². The summed E-state index contributed by atoms with van der Waals surface area (Å²) >= 11 is 1.82. The van der Waals surface area contributed by atoms with Crippen molar-refractivity contribution in [2.45, 2.75) is 32.9 Å². The van der Waals surface area contributed by atoms with E-state index in [9.17, 15) is 4.39 Å². The molecular weight excluding hydrogens is 297 g/mol. The summed E-state index contributed by atoms with van der Waals surface area (Å²) in [5, 5.41) is 6.57. The quantitative estimate of drug-likeness (QED) is 0.654. The molecular formula is C17H22FN3S. The SMILES string of the molecule is CN=C(NCc1cccc(F)c1)NC(C)Cc1ccc(C)s1. The lowest BCUT2D eigenvalue weighted by Crippen LogP contribution is -2.42. The van der Waals surface area contributed by atoms with Crippen LogP contribution < -0.4 is 10.6 Å². The maximum atomic E-state index is 13.2. The Hall–Kier alpha value is -1.88. The van der Waals surface area contributed by atoms with E-state index < -0.39 is 0 Å². The van der Waals surface area contributed by atoms with E-state index in [2.05, 4.69) is 41.6 Å². The van der Waals surface area contributed by atoms with E-state index in [1.165, 1.54) is 21.9 Å². The van der Waals surface area contributed by atoms with Crippen molar-refractivity contribution in [3.05, 3.63) is 57.5 Å². The third-order valence-corrected chi connectivity index (χ3v) is 4.28.